The molecule has 1 heterocycles. The van der Waals surface area contributed by atoms with Gasteiger partial charge in [0.1, 0.15) is 6.54 Å². The van der Waals surface area contributed by atoms with Crippen molar-refractivity contribution in [2.24, 2.45) is 17.3 Å². The van der Waals surface area contributed by atoms with Crippen molar-refractivity contribution < 1.29 is 18.3 Å². The number of carbonyl (C=O) groups excluding carboxylic acids is 1. The first-order valence-corrected chi connectivity index (χ1v) is 12.4. The maximum absolute atomic E-state index is 13.6. The van der Waals surface area contributed by atoms with E-state index in [0.29, 0.717) is 11.1 Å². The van der Waals surface area contributed by atoms with Crippen LogP contribution in [0.25, 0.3) is 10.9 Å². The minimum absolute atomic E-state index is 0.0682. The number of hydrogen-bond donors (Lipinski definition) is 1. The van der Waals surface area contributed by atoms with Crippen LogP contribution in [0.15, 0.2) is 81.9 Å². The predicted molar refractivity (Wildman–Crippen MR) is 136 cm³/mol. The summed E-state index contributed by atoms with van der Waals surface area (Å²) in [5, 5.41) is 18.8. The van der Waals surface area contributed by atoms with Crippen LogP contribution in [0.3, 0.4) is 0 Å². The number of carbonyl (C=O) groups is 1. The molecule has 1 N–H and O–H groups in total. The minimum atomic E-state index is -4.06. The standard InChI is InChI=1S/C26H26N4O4S/c1-17-9-11-21(12-10-17)35(33,34)30(20-14-18(2)13-19(3)15-20)16-24(31)27-28-25-22-7-5-6-8-23(22)29(4)26(25)32/h5-15,32H,16H2,1-4H3. The third-order valence-corrected chi connectivity index (χ3v) is 7.48. The maximum Gasteiger partial charge on any atom is 0.285 e. The second-order valence-electron chi connectivity index (χ2n) is 8.51. The van der Waals surface area contributed by atoms with Crippen LogP contribution in [0, 0.1) is 20.8 Å². The summed E-state index contributed by atoms with van der Waals surface area (Å²) in [6.07, 6.45) is 0. The molecule has 9 heteroatoms. The van der Waals surface area contributed by atoms with Gasteiger partial charge in [0.25, 0.3) is 15.9 Å². The number of fused-ring (bicyclic) bond motifs is 1. The molecule has 0 spiro atoms. The number of hydrogen-bond acceptors (Lipinski definition) is 5. The molecule has 0 atom stereocenters. The molecule has 180 valence electrons. The molecular weight excluding hydrogens is 464 g/mol. The molecule has 0 fully saturated rings. The highest BCUT2D eigenvalue weighted by molar-refractivity contribution is 7.92. The zero-order valence-electron chi connectivity index (χ0n) is 19.9. The molecule has 4 rings (SSSR count). The second kappa shape index (κ2) is 9.34. The van der Waals surface area contributed by atoms with E-state index in [-0.39, 0.29) is 16.5 Å². The highest BCUT2D eigenvalue weighted by Crippen LogP contribution is 2.37. The van der Waals surface area contributed by atoms with Crippen molar-refractivity contribution in [3.63, 3.8) is 0 Å². The number of benzene rings is 3. The first-order valence-electron chi connectivity index (χ1n) is 11.0. The lowest BCUT2D eigenvalue weighted by atomic mass is 10.1. The smallest absolute Gasteiger partial charge is 0.285 e. The summed E-state index contributed by atoms with van der Waals surface area (Å²) < 4.78 is 29.7. The molecule has 1 amide bonds. The van der Waals surface area contributed by atoms with Gasteiger partial charge in [-0.15, -0.1) is 10.2 Å². The summed E-state index contributed by atoms with van der Waals surface area (Å²) in [6, 6.07) is 19.0. The van der Waals surface area contributed by atoms with E-state index >= 15 is 0 Å². The van der Waals surface area contributed by atoms with Crippen LogP contribution in [-0.2, 0) is 21.9 Å². The van der Waals surface area contributed by atoms with E-state index in [1.807, 2.05) is 39.0 Å². The predicted octanol–water partition coefficient (Wildman–Crippen LogP) is 5.31. The number of anilines is 1. The second-order valence-corrected chi connectivity index (χ2v) is 10.4. The summed E-state index contributed by atoms with van der Waals surface area (Å²) in [5.74, 6) is -0.909. The number of azo groups is 1. The van der Waals surface area contributed by atoms with E-state index in [2.05, 4.69) is 10.2 Å². The molecule has 4 aromatic rings. The Kier molecular flexibility index (Phi) is 6.45. The van der Waals surface area contributed by atoms with Crippen molar-refractivity contribution in [2.75, 3.05) is 10.8 Å². The minimum Gasteiger partial charge on any atom is -0.493 e. The van der Waals surface area contributed by atoms with E-state index in [9.17, 15) is 18.3 Å². The molecule has 3 aromatic carbocycles. The SMILES string of the molecule is Cc1ccc(S(=O)(=O)N(CC(=O)N=Nc2c(O)n(C)c3ccccc23)c2cc(C)cc(C)c2)cc1. The molecule has 8 nitrogen and oxygen atoms in total. The summed E-state index contributed by atoms with van der Waals surface area (Å²) >= 11 is 0. The Morgan fingerprint density at radius 2 is 1.57 bits per heavy atom. The number of nitrogens with zero attached hydrogens (tertiary/aromatic N) is 4. The molecule has 0 aliphatic rings. The van der Waals surface area contributed by atoms with E-state index in [0.717, 1.165) is 26.5 Å². The molecule has 0 saturated heterocycles. The van der Waals surface area contributed by atoms with Gasteiger partial charge >= 0.3 is 0 Å². The van der Waals surface area contributed by atoms with Gasteiger partial charge in [-0.3, -0.25) is 9.10 Å². The van der Waals surface area contributed by atoms with Crippen LogP contribution >= 0.6 is 0 Å². The Labute approximate surface area is 204 Å². The van der Waals surface area contributed by atoms with Gasteiger partial charge < -0.3 is 9.67 Å². The number of sulfonamides is 1. The summed E-state index contributed by atoms with van der Waals surface area (Å²) in [7, 11) is -2.39. The Hall–Kier alpha value is -3.98. The van der Waals surface area contributed by atoms with Crippen LogP contribution in [-0.4, -0.2) is 30.5 Å². The molecule has 0 aliphatic carbocycles. The van der Waals surface area contributed by atoms with E-state index in [4.69, 9.17) is 0 Å². The lowest BCUT2D eigenvalue weighted by molar-refractivity contribution is -0.116. The maximum atomic E-state index is 13.6. The quantitative estimate of drug-likeness (QED) is 0.370. The van der Waals surface area contributed by atoms with Crippen molar-refractivity contribution in [1.29, 1.82) is 0 Å². The van der Waals surface area contributed by atoms with E-state index in [1.54, 1.807) is 43.4 Å². The zero-order valence-corrected chi connectivity index (χ0v) is 20.7. The summed E-state index contributed by atoms with van der Waals surface area (Å²) in [6.45, 7) is 5.04. The Balaban J connectivity index is 1.72. The summed E-state index contributed by atoms with van der Waals surface area (Å²) in [5.41, 5.74) is 3.88. The van der Waals surface area contributed by atoms with Crippen molar-refractivity contribution in [1.82, 2.24) is 4.57 Å². The normalized spacial score (nSPS) is 11.9. The fourth-order valence-electron chi connectivity index (χ4n) is 3.97. The molecule has 0 aliphatic heterocycles. The van der Waals surface area contributed by atoms with Crippen LogP contribution in [0.4, 0.5) is 11.4 Å². The third-order valence-electron chi connectivity index (χ3n) is 5.69. The van der Waals surface area contributed by atoms with Gasteiger partial charge in [0.05, 0.1) is 16.1 Å². The summed E-state index contributed by atoms with van der Waals surface area (Å²) in [4.78, 5) is 13.0. The number of amides is 1. The van der Waals surface area contributed by atoms with Gasteiger partial charge in [0.2, 0.25) is 5.88 Å². The fraction of sp³-hybridized carbons (Fsp3) is 0.192. The number of aromatic hydroxyl groups is 1. The van der Waals surface area contributed by atoms with Gasteiger partial charge in [-0.05, 0) is 62.2 Å². The first kappa shape index (κ1) is 24.2. The topological polar surface area (TPSA) is 104 Å². The molecule has 1 aromatic heterocycles. The van der Waals surface area contributed by atoms with Crippen LogP contribution in [0.1, 0.15) is 16.7 Å². The molecule has 0 radical (unpaired) electrons. The van der Waals surface area contributed by atoms with Crippen LogP contribution in [0.2, 0.25) is 0 Å². The third kappa shape index (κ3) is 4.81. The average Bonchev–Trinajstić information content (AvgIpc) is 3.05. The van der Waals surface area contributed by atoms with Gasteiger partial charge in [-0.1, -0.05) is 42.0 Å². The van der Waals surface area contributed by atoms with Crippen molar-refractivity contribution >= 4 is 38.2 Å². The highest BCUT2D eigenvalue weighted by Gasteiger charge is 2.28. The number of para-hydroxylation sites is 1. The Morgan fingerprint density at radius 3 is 2.23 bits per heavy atom. The first-order chi connectivity index (χ1) is 16.6. The van der Waals surface area contributed by atoms with Crippen molar-refractivity contribution in [2.45, 2.75) is 25.7 Å². The number of rotatable bonds is 6. The molecule has 0 bridgehead atoms. The fourth-order valence-corrected chi connectivity index (χ4v) is 5.36. The molecule has 0 unspecified atom stereocenters. The van der Waals surface area contributed by atoms with Crippen molar-refractivity contribution in [3.8, 4) is 5.88 Å². The van der Waals surface area contributed by atoms with Gasteiger partial charge in [-0.25, -0.2) is 8.42 Å². The molecule has 0 saturated carbocycles. The number of aromatic nitrogens is 1. The lowest BCUT2D eigenvalue weighted by Crippen LogP contribution is -2.35. The van der Waals surface area contributed by atoms with E-state index in [1.165, 1.54) is 16.7 Å². The molecule has 35 heavy (non-hydrogen) atoms. The lowest BCUT2D eigenvalue weighted by Gasteiger charge is -2.24. The zero-order chi connectivity index (χ0) is 25.3. The van der Waals surface area contributed by atoms with Gasteiger partial charge in [-0.2, -0.15) is 0 Å². The van der Waals surface area contributed by atoms with Crippen LogP contribution < -0.4 is 4.31 Å². The molecular formula is C26H26N4O4S. The Bertz CT molecular complexity index is 1530. The highest BCUT2D eigenvalue weighted by atomic mass is 32.2. The number of aryl methyl sites for hydroxylation is 4. The monoisotopic (exact) mass is 490 g/mol. The van der Waals surface area contributed by atoms with E-state index < -0.39 is 22.5 Å². The Morgan fingerprint density at radius 1 is 0.943 bits per heavy atom. The van der Waals surface area contributed by atoms with Gasteiger partial charge in [0.15, 0.2) is 5.69 Å². The van der Waals surface area contributed by atoms with Gasteiger partial charge in [0, 0.05) is 12.4 Å². The van der Waals surface area contributed by atoms with Crippen molar-refractivity contribution in [3.05, 3.63) is 83.4 Å². The largest absolute Gasteiger partial charge is 0.493 e. The average molecular weight is 491 g/mol. The van der Waals surface area contributed by atoms with Crippen LogP contribution in [0.5, 0.6) is 5.88 Å².